The van der Waals surface area contributed by atoms with E-state index in [1.807, 2.05) is 11.0 Å². The molecule has 1 spiro atoms. The number of likely N-dealkylation sites (N-methyl/N-ethyl adjacent to an activating group) is 1. The standard InChI is InChI=1S/C20H25FN4O/c1-23-10-8-20(9-11-23)14-25(13-12-24(20)2)19(26)17-7-6-15-4-3-5-16(21)18(15)22-17/h3-7H,8-14H2,1-2H3. The summed E-state index contributed by atoms with van der Waals surface area (Å²) in [5, 5.41) is 0.715. The third kappa shape index (κ3) is 2.97. The summed E-state index contributed by atoms with van der Waals surface area (Å²) in [5.74, 6) is -0.483. The number of pyridine rings is 1. The van der Waals surface area contributed by atoms with Crippen LogP contribution in [0.1, 0.15) is 23.3 Å². The number of hydrogen-bond donors (Lipinski definition) is 0. The lowest BCUT2D eigenvalue weighted by Gasteiger charge is -2.52. The Hall–Kier alpha value is -2.05. The van der Waals surface area contributed by atoms with Crippen molar-refractivity contribution >= 4 is 16.8 Å². The molecule has 2 aromatic rings. The van der Waals surface area contributed by atoms with Crippen molar-refractivity contribution in [1.29, 1.82) is 0 Å². The number of piperidine rings is 1. The summed E-state index contributed by atoms with van der Waals surface area (Å²) < 4.78 is 14.0. The van der Waals surface area contributed by atoms with E-state index in [2.05, 4.69) is 28.9 Å². The molecule has 26 heavy (non-hydrogen) atoms. The first-order valence-corrected chi connectivity index (χ1v) is 9.23. The van der Waals surface area contributed by atoms with Crippen LogP contribution in [-0.4, -0.2) is 77.9 Å². The lowest BCUT2D eigenvalue weighted by molar-refractivity contribution is -0.0172. The van der Waals surface area contributed by atoms with Crippen molar-refractivity contribution in [2.75, 3.05) is 46.8 Å². The molecule has 2 saturated heterocycles. The van der Waals surface area contributed by atoms with Crippen LogP contribution in [0.25, 0.3) is 10.9 Å². The molecule has 2 aliphatic rings. The predicted octanol–water partition coefficient (Wildman–Crippen LogP) is 2.23. The third-order valence-electron chi connectivity index (χ3n) is 6.10. The first-order valence-electron chi connectivity index (χ1n) is 9.23. The van der Waals surface area contributed by atoms with Crippen LogP contribution in [0, 0.1) is 5.82 Å². The molecule has 0 bridgehead atoms. The van der Waals surface area contributed by atoms with E-state index < -0.39 is 0 Å². The van der Waals surface area contributed by atoms with E-state index >= 15 is 0 Å². The fourth-order valence-corrected chi connectivity index (χ4v) is 4.20. The van der Waals surface area contributed by atoms with Crippen LogP contribution < -0.4 is 0 Å². The second-order valence-electron chi connectivity index (χ2n) is 7.68. The smallest absolute Gasteiger partial charge is 0.272 e. The molecule has 138 valence electrons. The number of para-hydroxylation sites is 1. The molecule has 1 aromatic carbocycles. The van der Waals surface area contributed by atoms with Crippen molar-refractivity contribution in [3.63, 3.8) is 0 Å². The number of amides is 1. The molecule has 2 aliphatic heterocycles. The second kappa shape index (κ2) is 6.59. The highest BCUT2D eigenvalue weighted by Gasteiger charge is 2.43. The zero-order valence-corrected chi connectivity index (χ0v) is 15.4. The van der Waals surface area contributed by atoms with Crippen LogP contribution in [0.3, 0.4) is 0 Å². The van der Waals surface area contributed by atoms with Gasteiger partial charge in [0.05, 0.1) is 0 Å². The lowest BCUT2D eigenvalue weighted by Crippen LogP contribution is -2.65. The Morgan fingerprint density at radius 2 is 1.85 bits per heavy atom. The fourth-order valence-electron chi connectivity index (χ4n) is 4.20. The van der Waals surface area contributed by atoms with Crippen LogP contribution in [0.4, 0.5) is 4.39 Å². The summed E-state index contributed by atoms with van der Waals surface area (Å²) in [5.41, 5.74) is 0.638. The number of piperazine rings is 1. The Morgan fingerprint density at radius 1 is 1.08 bits per heavy atom. The Bertz CT molecular complexity index is 832. The average molecular weight is 356 g/mol. The van der Waals surface area contributed by atoms with E-state index in [4.69, 9.17) is 0 Å². The molecule has 1 amide bonds. The molecule has 0 radical (unpaired) electrons. The average Bonchev–Trinajstić information content (AvgIpc) is 2.66. The van der Waals surface area contributed by atoms with Gasteiger partial charge < -0.3 is 9.80 Å². The van der Waals surface area contributed by atoms with Gasteiger partial charge in [0.2, 0.25) is 0 Å². The zero-order valence-electron chi connectivity index (χ0n) is 15.4. The summed E-state index contributed by atoms with van der Waals surface area (Å²) in [6, 6.07) is 8.34. The Kier molecular flexibility index (Phi) is 4.40. The van der Waals surface area contributed by atoms with E-state index in [1.165, 1.54) is 6.07 Å². The summed E-state index contributed by atoms with van der Waals surface area (Å²) in [6.45, 7) is 4.35. The number of halogens is 1. The van der Waals surface area contributed by atoms with Crippen LogP contribution in [0.15, 0.2) is 30.3 Å². The number of carbonyl (C=O) groups is 1. The lowest BCUT2D eigenvalue weighted by atomic mass is 9.84. The SMILES string of the molecule is CN1CCC2(CC1)CN(C(=O)c1ccc3cccc(F)c3n1)CCN2C. The number of benzene rings is 1. The maximum atomic E-state index is 14.0. The molecule has 0 saturated carbocycles. The van der Waals surface area contributed by atoms with Gasteiger partial charge in [-0.05, 0) is 52.2 Å². The molecule has 5 nitrogen and oxygen atoms in total. The van der Waals surface area contributed by atoms with Gasteiger partial charge in [0.25, 0.3) is 5.91 Å². The van der Waals surface area contributed by atoms with Crippen molar-refractivity contribution in [2.45, 2.75) is 18.4 Å². The maximum absolute atomic E-state index is 14.0. The van der Waals surface area contributed by atoms with Crippen LogP contribution in [-0.2, 0) is 0 Å². The van der Waals surface area contributed by atoms with Gasteiger partial charge in [-0.3, -0.25) is 9.69 Å². The minimum absolute atomic E-state index is 0.0442. The minimum atomic E-state index is -0.387. The van der Waals surface area contributed by atoms with Crippen LogP contribution >= 0.6 is 0 Å². The van der Waals surface area contributed by atoms with Crippen LogP contribution in [0.5, 0.6) is 0 Å². The molecule has 0 N–H and O–H groups in total. The van der Waals surface area contributed by atoms with Crippen molar-refractivity contribution in [1.82, 2.24) is 19.7 Å². The predicted molar refractivity (Wildman–Crippen MR) is 99.7 cm³/mol. The summed E-state index contributed by atoms with van der Waals surface area (Å²) in [4.78, 5) is 24.0. The summed E-state index contributed by atoms with van der Waals surface area (Å²) in [7, 11) is 4.31. The third-order valence-corrected chi connectivity index (χ3v) is 6.10. The molecular weight excluding hydrogens is 331 g/mol. The van der Waals surface area contributed by atoms with Crippen LogP contribution in [0.2, 0.25) is 0 Å². The van der Waals surface area contributed by atoms with E-state index in [9.17, 15) is 9.18 Å². The van der Waals surface area contributed by atoms with Crippen molar-refractivity contribution in [3.05, 3.63) is 41.8 Å². The van der Waals surface area contributed by atoms with Gasteiger partial charge >= 0.3 is 0 Å². The van der Waals surface area contributed by atoms with Gasteiger partial charge in [-0.15, -0.1) is 0 Å². The number of rotatable bonds is 1. The molecule has 3 heterocycles. The first-order chi connectivity index (χ1) is 12.5. The Balaban J connectivity index is 1.59. The normalized spacial score (nSPS) is 21.4. The van der Waals surface area contributed by atoms with E-state index in [1.54, 1.807) is 18.2 Å². The number of nitrogens with zero attached hydrogens (tertiary/aromatic N) is 4. The minimum Gasteiger partial charge on any atom is -0.334 e. The fraction of sp³-hybridized carbons (Fsp3) is 0.500. The molecule has 1 aromatic heterocycles. The zero-order chi connectivity index (χ0) is 18.3. The highest BCUT2D eigenvalue weighted by molar-refractivity contribution is 5.95. The van der Waals surface area contributed by atoms with Gasteiger partial charge in [0.15, 0.2) is 0 Å². The molecule has 2 fully saturated rings. The van der Waals surface area contributed by atoms with Gasteiger partial charge in [-0.25, -0.2) is 9.37 Å². The largest absolute Gasteiger partial charge is 0.334 e. The van der Waals surface area contributed by atoms with E-state index in [0.717, 1.165) is 32.5 Å². The van der Waals surface area contributed by atoms with Crippen molar-refractivity contribution in [2.24, 2.45) is 0 Å². The number of aromatic nitrogens is 1. The molecule has 0 atom stereocenters. The summed E-state index contributed by atoms with van der Waals surface area (Å²) in [6.07, 6.45) is 2.12. The second-order valence-corrected chi connectivity index (χ2v) is 7.68. The van der Waals surface area contributed by atoms with Gasteiger partial charge in [-0.2, -0.15) is 0 Å². The maximum Gasteiger partial charge on any atom is 0.272 e. The Labute approximate surface area is 153 Å². The highest BCUT2D eigenvalue weighted by Crippen LogP contribution is 2.31. The monoisotopic (exact) mass is 356 g/mol. The molecule has 6 heteroatoms. The topological polar surface area (TPSA) is 39.7 Å². The molecule has 0 unspecified atom stereocenters. The number of likely N-dealkylation sites (tertiary alicyclic amines) is 1. The number of fused-ring (bicyclic) bond motifs is 1. The Morgan fingerprint density at radius 3 is 2.62 bits per heavy atom. The molecule has 0 aliphatic carbocycles. The van der Waals surface area contributed by atoms with Gasteiger partial charge in [0, 0.05) is 30.6 Å². The number of carbonyl (C=O) groups excluding carboxylic acids is 1. The molecule has 4 rings (SSSR count). The summed E-state index contributed by atoms with van der Waals surface area (Å²) >= 11 is 0. The quantitative estimate of drug-likeness (QED) is 0.786. The van der Waals surface area contributed by atoms with E-state index in [-0.39, 0.29) is 22.8 Å². The van der Waals surface area contributed by atoms with Crippen molar-refractivity contribution < 1.29 is 9.18 Å². The van der Waals surface area contributed by atoms with Gasteiger partial charge in [-0.1, -0.05) is 18.2 Å². The first kappa shape index (κ1) is 17.4. The van der Waals surface area contributed by atoms with E-state index in [0.29, 0.717) is 24.2 Å². The van der Waals surface area contributed by atoms with Gasteiger partial charge in [0.1, 0.15) is 17.0 Å². The molecular formula is C20H25FN4O. The van der Waals surface area contributed by atoms with Crippen molar-refractivity contribution in [3.8, 4) is 0 Å². The number of hydrogen-bond acceptors (Lipinski definition) is 4. The highest BCUT2D eigenvalue weighted by atomic mass is 19.1.